The first-order valence-corrected chi connectivity index (χ1v) is 8.40. The van der Waals surface area contributed by atoms with Gasteiger partial charge in [-0.25, -0.2) is 14.8 Å². The molecule has 2 N–H and O–H groups in total. The van der Waals surface area contributed by atoms with Crippen molar-refractivity contribution in [2.75, 3.05) is 32.9 Å². The van der Waals surface area contributed by atoms with Gasteiger partial charge in [-0.05, 0) is 13.2 Å². The zero-order valence-corrected chi connectivity index (χ0v) is 15.4. The van der Waals surface area contributed by atoms with Crippen molar-refractivity contribution in [3.63, 3.8) is 0 Å². The SMILES string of the molecule is COc1cc(Nc2nc(SC)nc(C)c2C(=O)O)cc(OC)c1OC. The van der Waals surface area contributed by atoms with E-state index in [0.717, 1.165) is 0 Å². The summed E-state index contributed by atoms with van der Waals surface area (Å²) in [6, 6.07) is 3.34. The largest absolute Gasteiger partial charge is 0.493 e. The van der Waals surface area contributed by atoms with Crippen molar-refractivity contribution in [3.05, 3.63) is 23.4 Å². The highest BCUT2D eigenvalue weighted by Crippen LogP contribution is 2.40. The summed E-state index contributed by atoms with van der Waals surface area (Å²) in [6.07, 6.45) is 1.82. The van der Waals surface area contributed by atoms with Gasteiger partial charge in [-0.15, -0.1) is 0 Å². The van der Waals surface area contributed by atoms with E-state index in [-0.39, 0.29) is 11.4 Å². The van der Waals surface area contributed by atoms with E-state index in [2.05, 4.69) is 15.3 Å². The minimum absolute atomic E-state index is 0.00607. The van der Waals surface area contributed by atoms with Crippen molar-refractivity contribution in [2.24, 2.45) is 0 Å². The first-order chi connectivity index (χ1) is 11.9. The Balaban J connectivity index is 2.56. The van der Waals surface area contributed by atoms with Crippen LogP contribution >= 0.6 is 11.8 Å². The summed E-state index contributed by atoms with van der Waals surface area (Å²) < 4.78 is 15.9. The second-order valence-electron chi connectivity index (χ2n) is 4.86. The molecule has 0 aliphatic heterocycles. The maximum atomic E-state index is 11.6. The molecule has 0 saturated heterocycles. The van der Waals surface area contributed by atoms with Crippen LogP contribution < -0.4 is 19.5 Å². The monoisotopic (exact) mass is 365 g/mol. The number of hydrogen-bond donors (Lipinski definition) is 2. The molecule has 134 valence electrons. The minimum Gasteiger partial charge on any atom is -0.493 e. The van der Waals surface area contributed by atoms with Crippen LogP contribution in [-0.2, 0) is 0 Å². The number of methoxy groups -OCH3 is 3. The fourth-order valence-electron chi connectivity index (χ4n) is 2.28. The van der Waals surface area contributed by atoms with Gasteiger partial charge in [0.2, 0.25) is 5.75 Å². The molecule has 0 fully saturated rings. The summed E-state index contributed by atoms with van der Waals surface area (Å²) in [5.41, 5.74) is 0.926. The number of carbonyl (C=O) groups is 1. The Morgan fingerprint density at radius 1 is 1.12 bits per heavy atom. The molecule has 0 radical (unpaired) electrons. The summed E-state index contributed by atoms with van der Waals surface area (Å²) in [6.45, 7) is 1.63. The topological polar surface area (TPSA) is 103 Å². The second kappa shape index (κ2) is 7.93. The number of hydrogen-bond acceptors (Lipinski definition) is 8. The average molecular weight is 365 g/mol. The number of aryl methyl sites for hydroxylation is 1. The molecule has 0 aliphatic rings. The normalized spacial score (nSPS) is 10.3. The van der Waals surface area contributed by atoms with Gasteiger partial charge in [0, 0.05) is 17.8 Å². The lowest BCUT2D eigenvalue weighted by Gasteiger charge is -2.16. The zero-order valence-electron chi connectivity index (χ0n) is 14.5. The van der Waals surface area contributed by atoms with E-state index in [0.29, 0.717) is 33.8 Å². The number of thioether (sulfide) groups is 1. The Kier molecular flexibility index (Phi) is 5.92. The lowest BCUT2D eigenvalue weighted by Crippen LogP contribution is -2.10. The van der Waals surface area contributed by atoms with Gasteiger partial charge in [0.25, 0.3) is 0 Å². The van der Waals surface area contributed by atoms with Crippen molar-refractivity contribution < 1.29 is 24.1 Å². The Hall–Kier alpha value is -2.68. The zero-order chi connectivity index (χ0) is 18.6. The predicted molar refractivity (Wildman–Crippen MR) is 94.9 cm³/mol. The Bertz CT molecular complexity index is 773. The van der Waals surface area contributed by atoms with Crippen LogP contribution in [0, 0.1) is 6.92 Å². The molecule has 25 heavy (non-hydrogen) atoms. The number of anilines is 2. The quantitative estimate of drug-likeness (QED) is 0.566. The molecule has 0 amide bonds. The number of ether oxygens (including phenoxy) is 3. The summed E-state index contributed by atoms with van der Waals surface area (Å²) in [4.78, 5) is 20.0. The van der Waals surface area contributed by atoms with Crippen molar-refractivity contribution in [1.29, 1.82) is 0 Å². The molecular formula is C16H19N3O5S. The minimum atomic E-state index is -1.11. The molecule has 0 bridgehead atoms. The van der Waals surface area contributed by atoms with E-state index in [1.165, 1.54) is 33.1 Å². The van der Waals surface area contributed by atoms with Gasteiger partial charge in [0.1, 0.15) is 11.4 Å². The molecule has 1 aromatic carbocycles. The third-order valence-electron chi connectivity index (χ3n) is 3.39. The summed E-state index contributed by atoms with van der Waals surface area (Å²) >= 11 is 1.32. The van der Waals surface area contributed by atoms with Gasteiger partial charge in [-0.1, -0.05) is 11.8 Å². The third kappa shape index (κ3) is 3.87. The number of rotatable bonds is 7. The molecule has 2 aromatic rings. The maximum absolute atomic E-state index is 11.6. The van der Waals surface area contributed by atoms with Crippen LogP contribution in [-0.4, -0.2) is 48.6 Å². The van der Waals surface area contributed by atoms with Crippen LogP contribution in [0.2, 0.25) is 0 Å². The summed E-state index contributed by atoms with van der Waals surface area (Å²) in [5.74, 6) is 0.408. The van der Waals surface area contributed by atoms with Crippen molar-refractivity contribution in [1.82, 2.24) is 9.97 Å². The van der Waals surface area contributed by atoms with E-state index in [9.17, 15) is 9.90 Å². The van der Waals surface area contributed by atoms with Crippen molar-refractivity contribution in [2.45, 2.75) is 12.1 Å². The Labute approximate surface area is 149 Å². The van der Waals surface area contributed by atoms with E-state index in [1.807, 2.05) is 6.26 Å². The molecule has 1 heterocycles. The number of carboxylic acid groups (broad SMARTS) is 1. The van der Waals surface area contributed by atoms with Crippen LogP contribution in [0.4, 0.5) is 11.5 Å². The number of nitrogens with one attached hydrogen (secondary N) is 1. The smallest absolute Gasteiger partial charge is 0.341 e. The first kappa shape index (κ1) is 18.7. The van der Waals surface area contributed by atoms with Crippen LogP contribution in [0.3, 0.4) is 0 Å². The fourth-order valence-corrected chi connectivity index (χ4v) is 2.69. The highest BCUT2D eigenvalue weighted by atomic mass is 32.2. The van der Waals surface area contributed by atoms with Crippen LogP contribution in [0.15, 0.2) is 17.3 Å². The highest BCUT2D eigenvalue weighted by molar-refractivity contribution is 7.98. The number of carboxylic acids is 1. The number of aromatic carboxylic acids is 1. The van der Waals surface area contributed by atoms with E-state index >= 15 is 0 Å². The molecule has 1 aromatic heterocycles. The molecule has 0 atom stereocenters. The summed E-state index contributed by atoms with van der Waals surface area (Å²) in [5, 5.41) is 13.0. The molecule has 2 rings (SSSR count). The van der Waals surface area contributed by atoms with Crippen molar-refractivity contribution >= 4 is 29.2 Å². The Morgan fingerprint density at radius 2 is 1.72 bits per heavy atom. The Morgan fingerprint density at radius 3 is 2.16 bits per heavy atom. The van der Waals surface area contributed by atoms with E-state index < -0.39 is 5.97 Å². The molecule has 0 unspecified atom stereocenters. The number of nitrogens with zero attached hydrogens (tertiary/aromatic N) is 2. The van der Waals surface area contributed by atoms with Crippen molar-refractivity contribution in [3.8, 4) is 17.2 Å². The van der Waals surface area contributed by atoms with Gasteiger partial charge < -0.3 is 24.6 Å². The average Bonchev–Trinajstić information content (AvgIpc) is 2.59. The lowest BCUT2D eigenvalue weighted by atomic mass is 10.2. The first-order valence-electron chi connectivity index (χ1n) is 7.18. The predicted octanol–water partition coefficient (Wildman–Crippen LogP) is 2.97. The lowest BCUT2D eigenvalue weighted by molar-refractivity contribution is 0.0696. The second-order valence-corrected chi connectivity index (χ2v) is 5.64. The molecule has 8 nitrogen and oxygen atoms in total. The molecule has 0 spiro atoms. The van der Waals surface area contributed by atoms with Crippen LogP contribution in [0.25, 0.3) is 0 Å². The summed E-state index contributed by atoms with van der Waals surface area (Å²) in [7, 11) is 4.52. The van der Waals surface area contributed by atoms with Gasteiger partial charge in [0.05, 0.1) is 27.0 Å². The van der Waals surface area contributed by atoms with E-state index in [1.54, 1.807) is 19.1 Å². The fraction of sp³-hybridized carbons (Fsp3) is 0.312. The standard InChI is InChI=1S/C16H19N3O5S/c1-8-12(15(20)21)14(19-16(17-8)25-5)18-9-6-10(22-2)13(24-4)11(7-9)23-3/h6-7H,1-5H3,(H,20,21)(H,17,18,19). The van der Waals surface area contributed by atoms with Crippen LogP contribution in [0.5, 0.6) is 17.2 Å². The molecule has 9 heteroatoms. The van der Waals surface area contributed by atoms with Gasteiger partial charge in [0.15, 0.2) is 16.7 Å². The highest BCUT2D eigenvalue weighted by Gasteiger charge is 2.20. The van der Waals surface area contributed by atoms with Gasteiger partial charge >= 0.3 is 5.97 Å². The van der Waals surface area contributed by atoms with Crippen LogP contribution in [0.1, 0.15) is 16.1 Å². The number of benzene rings is 1. The number of aromatic nitrogens is 2. The molecule has 0 saturated carbocycles. The van der Waals surface area contributed by atoms with Gasteiger partial charge in [-0.2, -0.15) is 0 Å². The maximum Gasteiger partial charge on any atom is 0.341 e. The van der Waals surface area contributed by atoms with E-state index in [4.69, 9.17) is 14.2 Å². The molecular weight excluding hydrogens is 346 g/mol. The third-order valence-corrected chi connectivity index (χ3v) is 3.94. The van der Waals surface area contributed by atoms with Gasteiger partial charge in [-0.3, -0.25) is 0 Å². The molecule has 0 aliphatic carbocycles.